The number of urea groups is 1. The molecule has 2 fully saturated rings. The van der Waals surface area contributed by atoms with E-state index in [-0.39, 0.29) is 18.7 Å². The van der Waals surface area contributed by atoms with Gasteiger partial charge >= 0.3 is 6.03 Å². The van der Waals surface area contributed by atoms with E-state index < -0.39 is 5.54 Å². The molecule has 7 nitrogen and oxygen atoms in total. The number of carbonyl (C=O) groups excluding carboxylic acids is 2. The molecular weight excluding hydrogens is 394 g/mol. The zero-order valence-corrected chi connectivity index (χ0v) is 17.8. The van der Waals surface area contributed by atoms with Crippen molar-refractivity contribution in [3.05, 3.63) is 59.7 Å². The first-order chi connectivity index (χ1) is 15.1. The highest BCUT2D eigenvalue weighted by Crippen LogP contribution is 2.37. The minimum absolute atomic E-state index is 0.0429. The summed E-state index contributed by atoms with van der Waals surface area (Å²) in [4.78, 5) is 31.7. The summed E-state index contributed by atoms with van der Waals surface area (Å²) in [5, 5.41) is 0. The first kappa shape index (κ1) is 19.9. The molecule has 0 aliphatic carbocycles. The smallest absolute Gasteiger partial charge is 0.327 e. The van der Waals surface area contributed by atoms with Gasteiger partial charge in [-0.15, -0.1) is 0 Å². The van der Waals surface area contributed by atoms with E-state index in [1.807, 2.05) is 42.5 Å². The highest BCUT2D eigenvalue weighted by atomic mass is 16.7. The number of hydrogen-bond acceptors (Lipinski definition) is 5. The molecule has 2 aromatic rings. The van der Waals surface area contributed by atoms with E-state index in [1.54, 1.807) is 11.9 Å². The minimum atomic E-state index is -0.709. The van der Waals surface area contributed by atoms with Gasteiger partial charge < -0.3 is 14.4 Å². The molecule has 0 atom stereocenters. The Morgan fingerprint density at radius 3 is 2.45 bits per heavy atom. The molecule has 0 unspecified atom stereocenters. The fraction of sp³-hybridized carbons (Fsp3) is 0.417. The Kier molecular flexibility index (Phi) is 5.06. The Balaban J connectivity index is 1.22. The molecule has 0 saturated carbocycles. The third-order valence-corrected chi connectivity index (χ3v) is 6.80. The van der Waals surface area contributed by atoms with Crippen molar-refractivity contribution in [3.8, 4) is 11.5 Å². The molecule has 3 aliphatic rings. The van der Waals surface area contributed by atoms with E-state index in [1.165, 1.54) is 4.90 Å². The Labute approximate surface area is 182 Å². The monoisotopic (exact) mass is 421 g/mol. The number of hydrogen-bond donors (Lipinski definition) is 0. The highest BCUT2D eigenvalue weighted by molar-refractivity contribution is 6.07. The van der Waals surface area contributed by atoms with Crippen LogP contribution in [-0.4, -0.2) is 65.7 Å². The summed E-state index contributed by atoms with van der Waals surface area (Å²) in [6.07, 6.45) is 1.99. The lowest BCUT2D eigenvalue weighted by Crippen LogP contribution is -2.55. The second kappa shape index (κ2) is 7.89. The van der Waals surface area contributed by atoms with Crippen LogP contribution in [-0.2, 0) is 17.8 Å². The molecule has 3 amide bonds. The molecule has 3 aliphatic heterocycles. The number of rotatable bonds is 5. The zero-order valence-electron chi connectivity index (χ0n) is 17.8. The van der Waals surface area contributed by atoms with Crippen LogP contribution >= 0.6 is 0 Å². The number of piperidine rings is 1. The van der Waals surface area contributed by atoms with Crippen molar-refractivity contribution in [2.75, 3.05) is 33.5 Å². The van der Waals surface area contributed by atoms with Crippen LogP contribution < -0.4 is 9.47 Å². The van der Waals surface area contributed by atoms with E-state index in [2.05, 4.69) is 11.0 Å². The van der Waals surface area contributed by atoms with Gasteiger partial charge in [-0.2, -0.15) is 0 Å². The van der Waals surface area contributed by atoms with Crippen LogP contribution in [0, 0.1) is 0 Å². The number of fused-ring (bicyclic) bond motifs is 1. The number of nitrogens with zero attached hydrogens (tertiary/aromatic N) is 3. The van der Waals surface area contributed by atoms with Gasteiger partial charge in [-0.05, 0) is 42.5 Å². The predicted molar refractivity (Wildman–Crippen MR) is 115 cm³/mol. The number of imide groups is 1. The fourth-order valence-corrected chi connectivity index (χ4v) is 4.86. The average Bonchev–Trinajstić information content (AvgIpc) is 3.33. The maximum Gasteiger partial charge on any atom is 0.327 e. The summed E-state index contributed by atoms with van der Waals surface area (Å²) in [5.41, 5.74) is 1.58. The van der Waals surface area contributed by atoms with Crippen molar-refractivity contribution in [1.29, 1.82) is 0 Å². The number of benzene rings is 2. The Bertz CT molecular complexity index is 986. The van der Waals surface area contributed by atoms with Crippen molar-refractivity contribution in [2.45, 2.75) is 31.3 Å². The number of ether oxygens (including phenoxy) is 2. The summed E-state index contributed by atoms with van der Waals surface area (Å²) in [6, 6.07) is 15.8. The van der Waals surface area contributed by atoms with Crippen LogP contribution in [0.5, 0.6) is 11.5 Å². The lowest BCUT2D eigenvalue weighted by molar-refractivity contribution is -0.135. The molecule has 0 bridgehead atoms. The van der Waals surface area contributed by atoms with Gasteiger partial charge in [0, 0.05) is 33.2 Å². The third-order valence-electron chi connectivity index (χ3n) is 6.80. The molecule has 2 saturated heterocycles. The van der Waals surface area contributed by atoms with Gasteiger partial charge in [0.05, 0.1) is 0 Å². The van der Waals surface area contributed by atoms with E-state index in [0.717, 1.165) is 42.3 Å². The molecule has 0 aromatic heterocycles. The van der Waals surface area contributed by atoms with Crippen molar-refractivity contribution in [3.63, 3.8) is 0 Å². The van der Waals surface area contributed by atoms with Gasteiger partial charge in [0.2, 0.25) is 6.79 Å². The molecule has 5 rings (SSSR count). The molecule has 162 valence electrons. The summed E-state index contributed by atoms with van der Waals surface area (Å²) in [7, 11) is 1.77. The third kappa shape index (κ3) is 3.53. The molecule has 7 heteroatoms. The maximum atomic E-state index is 13.3. The van der Waals surface area contributed by atoms with Gasteiger partial charge in [0.15, 0.2) is 11.5 Å². The van der Waals surface area contributed by atoms with E-state index in [9.17, 15) is 9.59 Å². The van der Waals surface area contributed by atoms with Gasteiger partial charge in [-0.25, -0.2) is 4.79 Å². The lowest BCUT2D eigenvalue weighted by Gasteiger charge is -2.40. The van der Waals surface area contributed by atoms with E-state index in [4.69, 9.17) is 9.47 Å². The molecule has 3 heterocycles. The second-order valence-electron chi connectivity index (χ2n) is 8.53. The van der Waals surface area contributed by atoms with Crippen molar-refractivity contribution in [2.24, 2.45) is 0 Å². The largest absolute Gasteiger partial charge is 0.454 e. The van der Waals surface area contributed by atoms with Gasteiger partial charge in [0.1, 0.15) is 5.54 Å². The minimum Gasteiger partial charge on any atom is -0.454 e. The number of carbonyl (C=O) groups is 2. The van der Waals surface area contributed by atoms with E-state index in [0.29, 0.717) is 25.8 Å². The lowest BCUT2D eigenvalue weighted by atomic mass is 9.86. The Hall–Kier alpha value is -3.06. The first-order valence-corrected chi connectivity index (χ1v) is 10.8. The number of likely N-dealkylation sites (N-methyl/N-ethyl adjacent to an activating group) is 1. The summed E-state index contributed by atoms with van der Waals surface area (Å²) < 4.78 is 10.9. The van der Waals surface area contributed by atoms with Gasteiger partial charge in [-0.3, -0.25) is 14.6 Å². The zero-order chi connectivity index (χ0) is 21.4. The van der Waals surface area contributed by atoms with Crippen LogP contribution in [0.4, 0.5) is 4.79 Å². The molecule has 2 aromatic carbocycles. The van der Waals surface area contributed by atoms with Gasteiger partial charge in [0.25, 0.3) is 5.91 Å². The first-order valence-electron chi connectivity index (χ1n) is 10.8. The maximum absolute atomic E-state index is 13.3. The molecule has 0 N–H and O–H groups in total. The predicted octanol–water partition coefficient (Wildman–Crippen LogP) is 2.89. The van der Waals surface area contributed by atoms with Crippen LogP contribution in [0.3, 0.4) is 0 Å². The fourth-order valence-electron chi connectivity index (χ4n) is 4.86. The summed E-state index contributed by atoms with van der Waals surface area (Å²) in [6.45, 7) is 3.02. The topological polar surface area (TPSA) is 62.3 Å². The number of amides is 3. The SMILES string of the molecule is CN1C(=O)N(CCc2ccccc2)C(=O)C12CCN(Cc1ccc3c(c1)OCO3)CC2. The molecule has 31 heavy (non-hydrogen) atoms. The van der Waals surface area contributed by atoms with Crippen molar-refractivity contribution >= 4 is 11.9 Å². The van der Waals surface area contributed by atoms with Crippen molar-refractivity contribution in [1.82, 2.24) is 14.7 Å². The molecular formula is C24H27N3O4. The van der Waals surface area contributed by atoms with Crippen LogP contribution in [0.25, 0.3) is 0 Å². The van der Waals surface area contributed by atoms with Gasteiger partial charge in [-0.1, -0.05) is 36.4 Å². The average molecular weight is 421 g/mol. The highest BCUT2D eigenvalue weighted by Gasteiger charge is 2.56. The quantitative estimate of drug-likeness (QED) is 0.695. The van der Waals surface area contributed by atoms with Crippen LogP contribution in [0.2, 0.25) is 0 Å². The summed E-state index contributed by atoms with van der Waals surface area (Å²) in [5.74, 6) is 1.53. The number of likely N-dealkylation sites (tertiary alicyclic amines) is 1. The normalized spacial score (nSPS) is 20.2. The Morgan fingerprint density at radius 2 is 1.68 bits per heavy atom. The van der Waals surface area contributed by atoms with E-state index >= 15 is 0 Å². The van der Waals surface area contributed by atoms with Crippen LogP contribution in [0.15, 0.2) is 48.5 Å². The van der Waals surface area contributed by atoms with Crippen molar-refractivity contribution < 1.29 is 19.1 Å². The Morgan fingerprint density at radius 1 is 0.935 bits per heavy atom. The molecule has 0 radical (unpaired) electrons. The molecule has 1 spiro atoms. The standard InChI is InChI=1S/C24H27N3O4/c1-25-23(29)27(12-9-18-5-3-2-4-6-18)22(28)24(25)10-13-26(14-11-24)16-19-7-8-20-21(15-19)31-17-30-20/h2-8,15H,9-14,16-17H2,1H3. The second-order valence-corrected chi connectivity index (χ2v) is 8.53. The van der Waals surface area contributed by atoms with Crippen LogP contribution in [0.1, 0.15) is 24.0 Å². The summed E-state index contributed by atoms with van der Waals surface area (Å²) >= 11 is 0.